The first-order valence-corrected chi connectivity index (χ1v) is 7.57. The number of para-hydroxylation sites is 1. The molecule has 0 amide bonds. The second kappa shape index (κ2) is 7.02. The van der Waals surface area contributed by atoms with E-state index < -0.39 is 0 Å². The number of benzene rings is 2. The summed E-state index contributed by atoms with van der Waals surface area (Å²) >= 11 is 5.06. The first-order valence-electron chi connectivity index (χ1n) is 7.17. The van der Waals surface area contributed by atoms with E-state index >= 15 is 0 Å². The van der Waals surface area contributed by atoms with Gasteiger partial charge >= 0.3 is 0 Å². The molecule has 0 saturated heterocycles. The SMILES string of the molecule is Cc1ccccc1COc1ccccc1/C=N/n1cn[nH]c1=S. The highest BCUT2D eigenvalue weighted by molar-refractivity contribution is 7.71. The molecule has 23 heavy (non-hydrogen) atoms. The van der Waals surface area contributed by atoms with E-state index in [2.05, 4.69) is 34.4 Å². The number of aromatic amines is 1. The van der Waals surface area contributed by atoms with E-state index in [0.29, 0.717) is 11.4 Å². The lowest BCUT2D eigenvalue weighted by atomic mass is 10.1. The topological polar surface area (TPSA) is 55.2 Å². The van der Waals surface area contributed by atoms with Gasteiger partial charge in [-0.05, 0) is 42.4 Å². The van der Waals surface area contributed by atoms with Crippen LogP contribution >= 0.6 is 12.2 Å². The maximum absolute atomic E-state index is 5.95. The van der Waals surface area contributed by atoms with Crippen molar-refractivity contribution in [2.24, 2.45) is 5.10 Å². The van der Waals surface area contributed by atoms with Crippen LogP contribution in [0, 0.1) is 11.7 Å². The monoisotopic (exact) mass is 324 g/mol. The lowest BCUT2D eigenvalue weighted by Crippen LogP contribution is -2.00. The van der Waals surface area contributed by atoms with Gasteiger partial charge in [-0.1, -0.05) is 36.4 Å². The Morgan fingerprint density at radius 3 is 2.78 bits per heavy atom. The van der Waals surface area contributed by atoms with Crippen LogP contribution in [0.1, 0.15) is 16.7 Å². The van der Waals surface area contributed by atoms with E-state index in [0.717, 1.165) is 16.9 Å². The molecule has 0 aliphatic heterocycles. The molecule has 0 atom stereocenters. The molecular formula is C17H16N4OS. The minimum absolute atomic E-state index is 0.444. The molecule has 1 aromatic heterocycles. The Kier molecular flexibility index (Phi) is 4.63. The average molecular weight is 324 g/mol. The lowest BCUT2D eigenvalue weighted by Gasteiger charge is -2.10. The fourth-order valence-electron chi connectivity index (χ4n) is 2.10. The maximum Gasteiger partial charge on any atom is 0.216 e. The molecule has 116 valence electrons. The standard InChI is InChI=1S/C17H16N4OS/c1-13-6-2-3-8-15(13)11-22-16-9-5-4-7-14(16)10-19-21-12-18-20-17(21)23/h2-10,12H,11H2,1H3,(H,20,23)/b19-10+. The molecule has 0 unspecified atom stereocenters. The molecule has 3 rings (SSSR count). The predicted molar refractivity (Wildman–Crippen MR) is 92.4 cm³/mol. The number of rotatable bonds is 5. The van der Waals surface area contributed by atoms with E-state index in [1.807, 2.05) is 36.4 Å². The molecule has 0 aliphatic carbocycles. The van der Waals surface area contributed by atoms with Gasteiger partial charge < -0.3 is 4.74 Å². The minimum Gasteiger partial charge on any atom is -0.488 e. The lowest BCUT2D eigenvalue weighted by molar-refractivity contribution is 0.305. The zero-order valence-electron chi connectivity index (χ0n) is 12.6. The van der Waals surface area contributed by atoms with Crippen molar-refractivity contribution in [3.05, 3.63) is 76.3 Å². The summed E-state index contributed by atoms with van der Waals surface area (Å²) in [5.41, 5.74) is 3.25. The number of hydrogen-bond donors (Lipinski definition) is 1. The normalized spacial score (nSPS) is 11.0. The zero-order chi connectivity index (χ0) is 16.1. The summed E-state index contributed by atoms with van der Waals surface area (Å²) in [7, 11) is 0. The van der Waals surface area contributed by atoms with Crippen molar-refractivity contribution in [3.63, 3.8) is 0 Å². The number of nitrogens with one attached hydrogen (secondary N) is 1. The van der Waals surface area contributed by atoms with E-state index in [-0.39, 0.29) is 0 Å². The Bertz CT molecular complexity index is 882. The minimum atomic E-state index is 0.444. The van der Waals surface area contributed by atoms with Crippen molar-refractivity contribution in [2.75, 3.05) is 0 Å². The van der Waals surface area contributed by atoms with Crippen LogP contribution < -0.4 is 4.74 Å². The predicted octanol–water partition coefficient (Wildman–Crippen LogP) is 3.71. The van der Waals surface area contributed by atoms with Crippen molar-refractivity contribution < 1.29 is 4.74 Å². The van der Waals surface area contributed by atoms with Gasteiger partial charge in [0.15, 0.2) is 0 Å². The molecule has 0 aliphatic rings. The van der Waals surface area contributed by atoms with E-state index in [1.54, 1.807) is 6.21 Å². The van der Waals surface area contributed by atoms with Gasteiger partial charge in [0.05, 0.1) is 6.21 Å². The first-order chi connectivity index (χ1) is 11.2. The van der Waals surface area contributed by atoms with E-state index in [1.165, 1.54) is 16.6 Å². The van der Waals surface area contributed by atoms with Crippen LogP contribution in [0.15, 0.2) is 60.0 Å². The van der Waals surface area contributed by atoms with Crippen LogP contribution in [0.25, 0.3) is 0 Å². The quantitative estimate of drug-likeness (QED) is 0.575. The number of aromatic nitrogens is 3. The van der Waals surface area contributed by atoms with Gasteiger partial charge in [0.25, 0.3) is 0 Å². The molecule has 0 fully saturated rings. The highest BCUT2D eigenvalue weighted by Crippen LogP contribution is 2.18. The highest BCUT2D eigenvalue weighted by Gasteiger charge is 2.03. The van der Waals surface area contributed by atoms with Crippen LogP contribution in [0.3, 0.4) is 0 Å². The van der Waals surface area contributed by atoms with Crippen LogP contribution in [0.5, 0.6) is 5.75 Å². The molecule has 5 nitrogen and oxygen atoms in total. The summed E-state index contributed by atoms with van der Waals surface area (Å²) in [5.74, 6) is 0.773. The Balaban J connectivity index is 1.78. The molecule has 1 heterocycles. The van der Waals surface area contributed by atoms with Crippen molar-refractivity contribution in [2.45, 2.75) is 13.5 Å². The fraction of sp³-hybridized carbons (Fsp3) is 0.118. The summed E-state index contributed by atoms with van der Waals surface area (Å²) in [4.78, 5) is 0. The molecule has 0 radical (unpaired) electrons. The van der Waals surface area contributed by atoms with Crippen LogP contribution in [0.2, 0.25) is 0 Å². The van der Waals surface area contributed by atoms with Gasteiger partial charge in [-0.3, -0.25) is 5.10 Å². The summed E-state index contributed by atoms with van der Waals surface area (Å²) in [6.45, 7) is 2.59. The molecule has 0 bridgehead atoms. The zero-order valence-corrected chi connectivity index (χ0v) is 13.5. The van der Waals surface area contributed by atoms with E-state index in [4.69, 9.17) is 17.0 Å². The maximum atomic E-state index is 5.95. The number of hydrogen-bond acceptors (Lipinski definition) is 4. The third-order valence-electron chi connectivity index (χ3n) is 3.42. The second-order valence-corrected chi connectivity index (χ2v) is 5.39. The summed E-state index contributed by atoms with van der Waals surface area (Å²) in [6.07, 6.45) is 3.23. The third-order valence-corrected chi connectivity index (χ3v) is 3.70. The molecule has 0 saturated carbocycles. The van der Waals surface area contributed by atoms with Crippen LogP contribution in [-0.2, 0) is 6.61 Å². The van der Waals surface area contributed by atoms with Gasteiger partial charge in [0.2, 0.25) is 4.77 Å². The Morgan fingerprint density at radius 2 is 2.00 bits per heavy atom. The Hall–Kier alpha value is -2.73. The van der Waals surface area contributed by atoms with Gasteiger partial charge in [0.1, 0.15) is 18.7 Å². The molecule has 1 N–H and O–H groups in total. The number of nitrogens with zero attached hydrogens (tertiary/aromatic N) is 3. The third kappa shape index (κ3) is 3.73. The number of aryl methyl sites for hydroxylation is 1. The van der Waals surface area contributed by atoms with Crippen LogP contribution in [0.4, 0.5) is 0 Å². The smallest absolute Gasteiger partial charge is 0.216 e. The fourth-order valence-corrected chi connectivity index (χ4v) is 2.24. The van der Waals surface area contributed by atoms with Gasteiger partial charge in [-0.2, -0.15) is 14.9 Å². The molecule has 6 heteroatoms. The summed E-state index contributed by atoms with van der Waals surface area (Å²) in [6, 6.07) is 15.9. The van der Waals surface area contributed by atoms with Gasteiger partial charge in [0, 0.05) is 5.56 Å². The highest BCUT2D eigenvalue weighted by atomic mass is 32.1. The largest absolute Gasteiger partial charge is 0.488 e. The van der Waals surface area contributed by atoms with Gasteiger partial charge in [-0.15, -0.1) is 0 Å². The molecule has 3 aromatic rings. The number of ether oxygens (including phenoxy) is 1. The van der Waals surface area contributed by atoms with Crippen molar-refractivity contribution in [3.8, 4) is 5.75 Å². The molecular weight excluding hydrogens is 308 g/mol. The van der Waals surface area contributed by atoms with Crippen molar-refractivity contribution >= 4 is 18.4 Å². The van der Waals surface area contributed by atoms with Crippen molar-refractivity contribution in [1.29, 1.82) is 0 Å². The van der Waals surface area contributed by atoms with Gasteiger partial charge in [-0.25, -0.2) is 0 Å². The molecule has 0 spiro atoms. The van der Waals surface area contributed by atoms with Crippen LogP contribution in [-0.4, -0.2) is 21.1 Å². The Labute approximate surface area is 139 Å². The summed E-state index contributed by atoms with van der Waals surface area (Å²) < 4.78 is 7.89. The molecule has 2 aromatic carbocycles. The van der Waals surface area contributed by atoms with E-state index in [9.17, 15) is 0 Å². The number of H-pyrrole nitrogens is 1. The summed E-state index contributed by atoms with van der Waals surface area (Å²) in [5, 5.41) is 10.8. The first kappa shape index (κ1) is 15.2. The average Bonchev–Trinajstić information content (AvgIpc) is 2.98. The van der Waals surface area contributed by atoms with Crippen molar-refractivity contribution in [1.82, 2.24) is 14.9 Å². The second-order valence-electron chi connectivity index (χ2n) is 5.00. The Morgan fingerprint density at radius 1 is 1.22 bits per heavy atom.